The molecule has 1 aromatic rings. The van der Waals surface area contributed by atoms with Crippen molar-refractivity contribution in [2.45, 2.75) is 19.4 Å². The first-order valence-corrected chi connectivity index (χ1v) is 6.21. The van der Waals surface area contributed by atoms with E-state index in [4.69, 9.17) is 0 Å². The number of hydrogen-bond acceptors (Lipinski definition) is 2. The van der Waals surface area contributed by atoms with Gasteiger partial charge in [0, 0.05) is 25.2 Å². The lowest BCUT2D eigenvalue weighted by atomic mass is 10.0. The third-order valence-electron chi connectivity index (χ3n) is 3.28. The first-order valence-electron chi connectivity index (χ1n) is 6.21. The van der Waals surface area contributed by atoms with Crippen LogP contribution < -0.4 is 5.32 Å². The van der Waals surface area contributed by atoms with Gasteiger partial charge in [-0.1, -0.05) is 0 Å². The maximum absolute atomic E-state index is 13.6. The lowest BCUT2D eigenvalue weighted by Gasteiger charge is -2.39. The standard InChI is InChI=1S/C13H13F5N2O/c1-13(2)5-20(4-3-19-13)12(21)6-7(14)9(16)11(18)10(17)8(6)15/h19H,3-5H2,1-2H3. The topological polar surface area (TPSA) is 32.3 Å². The van der Waals surface area contributed by atoms with Crippen LogP contribution >= 0.6 is 0 Å². The molecule has 1 aliphatic rings. The average Bonchev–Trinajstić information content (AvgIpc) is 2.42. The Hall–Kier alpha value is -1.70. The van der Waals surface area contributed by atoms with Crippen LogP contribution in [0.25, 0.3) is 0 Å². The lowest BCUT2D eigenvalue weighted by Crippen LogP contribution is -2.58. The largest absolute Gasteiger partial charge is 0.335 e. The second-order valence-electron chi connectivity index (χ2n) is 5.48. The van der Waals surface area contributed by atoms with Crippen LogP contribution in [0.3, 0.4) is 0 Å². The predicted octanol–water partition coefficient (Wildman–Crippen LogP) is 2.21. The Morgan fingerprint density at radius 1 is 1.00 bits per heavy atom. The quantitative estimate of drug-likeness (QED) is 0.490. The van der Waals surface area contributed by atoms with Crippen molar-refractivity contribution in [1.82, 2.24) is 10.2 Å². The Labute approximate surface area is 117 Å². The maximum atomic E-state index is 13.6. The van der Waals surface area contributed by atoms with Crippen molar-refractivity contribution in [2.75, 3.05) is 19.6 Å². The zero-order valence-electron chi connectivity index (χ0n) is 11.4. The molecule has 3 nitrogen and oxygen atoms in total. The molecule has 116 valence electrons. The van der Waals surface area contributed by atoms with E-state index < -0.39 is 46.1 Å². The van der Waals surface area contributed by atoms with Gasteiger partial charge in [-0.15, -0.1) is 0 Å². The fraction of sp³-hybridized carbons (Fsp3) is 0.462. The predicted molar refractivity (Wildman–Crippen MR) is 64.2 cm³/mol. The number of hydrogen-bond donors (Lipinski definition) is 1. The molecule has 1 aliphatic heterocycles. The molecule has 0 unspecified atom stereocenters. The molecule has 0 radical (unpaired) electrons. The summed E-state index contributed by atoms with van der Waals surface area (Å²) in [5.74, 6) is -11.9. The molecule has 1 aromatic carbocycles. The van der Waals surface area contributed by atoms with E-state index in [0.717, 1.165) is 4.90 Å². The highest BCUT2D eigenvalue weighted by molar-refractivity contribution is 5.95. The molecule has 1 amide bonds. The zero-order valence-corrected chi connectivity index (χ0v) is 11.4. The minimum Gasteiger partial charge on any atom is -0.335 e. The van der Waals surface area contributed by atoms with Gasteiger partial charge in [-0.3, -0.25) is 4.79 Å². The van der Waals surface area contributed by atoms with Crippen molar-refractivity contribution in [3.63, 3.8) is 0 Å². The van der Waals surface area contributed by atoms with Crippen LogP contribution in [-0.2, 0) is 0 Å². The highest BCUT2D eigenvalue weighted by Crippen LogP contribution is 2.25. The number of amides is 1. The molecule has 1 saturated heterocycles. The summed E-state index contributed by atoms with van der Waals surface area (Å²) in [4.78, 5) is 13.2. The van der Waals surface area contributed by atoms with Gasteiger partial charge in [-0.05, 0) is 13.8 Å². The summed E-state index contributed by atoms with van der Waals surface area (Å²) in [6.07, 6.45) is 0. The molecule has 0 atom stereocenters. The number of benzene rings is 1. The van der Waals surface area contributed by atoms with Gasteiger partial charge in [-0.25, -0.2) is 22.0 Å². The van der Waals surface area contributed by atoms with Gasteiger partial charge in [0.15, 0.2) is 23.3 Å². The van der Waals surface area contributed by atoms with Gasteiger partial charge in [0.2, 0.25) is 5.82 Å². The van der Waals surface area contributed by atoms with E-state index in [9.17, 15) is 26.7 Å². The van der Waals surface area contributed by atoms with E-state index in [1.165, 1.54) is 0 Å². The Balaban J connectivity index is 2.45. The Morgan fingerprint density at radius 2 is 1.48 bits per heavy atom. The number of rotatable bonds is 1. The van der Waals surface area contributed by atoms with E-state index in [1.807, 2.05) is 0 Å². The highest BCUT2D eigenvalue weighted by atomic mass is 19.2. The minimum atomic E-state index is -2.28. The van der Waals surface area contributed by atoms with E-state index in [0.29, 0.717) is 6.54 Å². The third-order valence-corrected chi connectivity index (χ3v) is 3.28. The number of piperazine rings is 1. The third kappa shape index (κ3) is 2.72. The van der Waals surface area contributed by atoms with Gasteiger partial charge in [0.25, 0.3) is 5.91 Å². The maximum Gasteiger partial charge on any atom is 0.260 e. The van der Waals surface area contributed by atoms with Crippen LogP contribution in [0.5, 0.6) is 0 Å². The Bertz CT molecular complexity index is 574. The number of nitrogens with one attached hydrogen (secondary N) is 1. The van der Waals surface area contributed by atoms with Crippen molar-refractivity contribution >= 4 is 5.91 Å². The summed E-state index contributed by atoms with van der Waals surface area (Å²) >= 11 is 0. The van der Waals surface area contributed by atoms with E-state index in [1.54, 1.807) is 13.8 Å². The molecule has 1 heterocycles. The highest BCUT2D eigenvalue weighted by Gasteiger charge is 2.35. The molecular formula is C13H13F5N2O. The van der Waals surface area contributed by atoms with Crippen LogP contribution in [0.15, 0.2) is 0 Å². The van der Waals surface area contributed by atoms with Crippen molar-refractivity contribution in [3.05, 3.63) is 34.6 Å². The van der Waals surface area contributed by atoms with Crippen LogP contribution in [0.4, 0.5) is 22.0 Å². The molecular weight excluding hydrogens is 295 g/mol. The molecule has 21 heavy (non-hydrogen) atoms. The number of carbonyl (C=O) groups is 1. The van der Waals surface area contributed by atoms with E-state index in [2.05, 4.69) is 5.32 Å². The normalized spacial score (nSPS) is 18.0. The fourth-order valence-corrected chi connectivity index (χ4v) is 2.27. The van der Waals surface area contributed by atoms with Gasteiger partial charge in [-0.2, -0.15) is 0 Å². The minimum absolute atomic E-state index is 0.0886. The molecule has 0 saturated carbocycles. The molecule has 0 bridgehead atoms. The monoisotopic (exact) mass is 308 g/mol. The first kappa shape index (κ1) is 15.7. The van der Waals surface area contributed by atoms with E-state index in [-0.39, 0.29) is 13.1 Å². The zero-order chi connectivity index (χ0) is 15.9. The number of halogens is 5. The van der Waals surface area contributed by atoms with Crippen molar-refractivity contribution < 1.29 is 26.7 Å². The summed E-state index contributed by atoms with van der Waals surface area (Å²) < 4.78 is 66.5. The van der Waals surface area contributed by atoms with Crippen LogP contribution in [0, 0.1) is 29.1 Å². The smallest absolute Gasteiger partial charge is 0.260 e. The average molecular weight is 308 g/mol. The SMILES string of the molecule is CC1(C)CN(C(=O)c2c(F)c(F)c(F)c(F)c2F)CCN1. The lowest BCUT2D eigenvalue weighted by molar-refractivity contribution is 0.0639. The van der Waals surface area contributed by atoms with Crippen LogP contribution in [-0.4, -0.2) is 36.0 Å². The summed E-state index contributed by atoms with van der Waals surface area (Å²) in [7, 11) is 0. The molecule has 1 N–H and O–H groups in total. The Kier molecular flexibility index (Phi) is 3.92. The van der Waals surface area contributed by atoms with Crippen molar-refractivity contribution in [2.24, 2.45) is 0 Å². The van der Waals surface area contributed by atoms with Crippen LogP contribution in [0.2, 0.25) is 0 Å². The van der Waals surface area contributed by atoms with Gasteiger partial charge < -0.3 is 10.2 Å². The first-order chi connectivity index (χ1) is 9.65. The summed E-state index contributed by atoms with van der Waals surface area (Å²) in [6.45, 7) is 4.07. The van der Waals surface area contributed by atoms with Crippen LogP contribution in [0.1, 0.15) is 24.2 Å². The summed E-state index contributed by atoms with van der Waals surface area (Å²) in [6, 6.07) is 0. The molecule has 0 spiro atoms. The molecule has 0 aliphatic carbocycles. The van der Waals surface area contributed by atoms with E-state index >= 15 is 0 Å². The number of carbonyl (C=O) groups excluding carboxylic acids is 1. The Morgan fingerprint density at radius 3 is 1.95 bits per heavy atom. The van der Waals surface area contributed by atoms with Gasteiger partial charge in [0.1, 0.15) is 5.56 Å². The van der Waals surface area contributed by atoms with Crippen molar-refractivity contribution in [1.29, 1.82) is 0 Å². The molecule has 8 heteroatoms. The molecule has 0 aromatic heterocycles. The van der Waals surface area contributed by atoms with Gasteiger partial charge in [0.05, 0.1) is 0 Å². The van der Waals surface area contributed by atoms with Gasteiger partial charge >= 0.3 is 0 Å². The molecule has 1 fully saturated rings. The summed E-state index contributed by atoms with van der Waals surface area (Å²) in [5.41, 5.74) is -1.93. The molecule has 2 rings (SSSR count). The number of nitrogens with zero attached hydrogens (tertiary/aromatic N) is 1. The summed E-state index contributed by atoms with van der Waals surface area (Å²) in [5, 5.41) is 3.07. The fourth-order valence-electron chi connectivity index (χ4n) is 2.27. The second-order valence-corrected chi connectivity index (χ2v) is 5.48. The second kappa shape index (κ2) is 5.25. The van der Waals surface area contributed by atoms with Crippen molar-refractivity contribution in [3.8, 4) is 0 Å².